The Morgan fingerprint density at radius 2 is 1.86 bits per heavy atom. The first-order chi connectivity index (χ1) is 6.66. The molecule has 0 aromatic carbocycles. The normalized spacial score (nSPS) is 12.2. The first-order valence-electron chi connectivity index (χ1n) is 5.36. The highest BCUT2D eigenvalue weighted by Gasteiger charge is 1.99. The van der Waals surface area contributed by atoms with E-state index in [0.29, 0.717) is 6.54 Å². The second-order valence-electron chi connectivity index (χ2n) is 3.53. The molecule has 0 aliphatic heterocycles. The minimum absolute atomic E-state index is 0.107. The molecule has 0 saturated carbocycles. The summed E-state index contributed by atoms with van der Waals surface area (Å²) < 4.78 is 0. The van der Waals surface area contributed by atoms with E-state index in [0.717, 1.165) is 32.2 Å². The largest absolute Gasteiger partial charge is 0.393 e. The number of urea groups is 1. The number of amides is 2. The molecule has 0 heterocycles. The summed E-state index contributed by atoms with van der Waals surface area (Å²) in [6.07, 6.45) is 3.37. The first-order valence-corrected chi connectivity index (χ1v) is 5.36. The summed E-state index contributed by atoms with van der Waals surface area (Å²) >= 11 is 0. The van der Waals surface area contributed by atoms with Gasteiger partial charge in [0.25, 0.3) is 0 Å². The fraction of sp³-hybridized carbons (Fsp3) is 0.900. The molecular weight excluding hydrogens is 180 g/mol. The zero-order valence-electron chi connectivity index (χ0n) is 9.18. The van der Waals surface area contributed by atoms with Crippen molar-refractivity contribution in [3.8, 4) is 0 Å². The first kappa shape index (κ1) is 13.2. The van der Waals surface area contributed by atoms with Crippen LogP contribution in [-0.2, 0) is 0 Å². The number of rotatable bonds is 7. The lowest BCUT2D eigenvalue weighted by Crippen LogP contribution is -2.36. The molecule has 84 valence electrons. The van der Waals surface area contributed by atoms with Gasteiger partial charge in [-0.15, -0.1) is 0 Å². The lowest BCUT2D eigenvalue weighted by molar-refractivity contribution is 0.181. The average Bonchev–Trinajstić information content (AvgIpc) is 2.13. The average molecular weight is 202 g/mol. The van der Waals surface area contributed by atoms with Crippen molar-refractivity contribution < 1.29 is 9.90 Å². The summed E-state index contributed by atoms with van der Waals surface area (Å²) in [6, 6.07) is -0.107. The molecular formula is C10H22N2O2. The number of nitrogens with one attached hydrogen (secondary N) is 2. The van der Waals surface area contributed by atoms with E-state index < -0.39 is 0 Å². The van der Waals surface area contributed by atoms with Crippen LogP contribution in [-0.4, -0.2) is 30.3 Å². The topological polar surface area (TPSA) is 61.4 Å². The third-order valence-corrected chi connectivity index (χ3v) is 1.90. The molecule has 0 aromatic rings. The van der Waals surface area contributed by atoms with Crippen LogP contribution in [0.5, 0.6) is 0 Å². The monoisotopic (exact) mass is 202 g/mol. The number of aliphatic hydroxyl groups excluding tert-OH is 1. The Morgan fingerprint density at radius 1 is 1.29 bits per heavy atom. The highest BCUT2D eigenvalue weighted by atomic mass is 16.3. The molecule has 4 heteroatoms. The van der Waals surface area contributed by atoms with Gasteiger partial charge in [-0.1, -0.05) is 13.3 Å². The zero-order chi connectivity index (χ0) is 10.8. The van der Waals surface area contributed by atoms with Gasteiger partial charge in [-0.3, -0.25) is 0 Å². The third-order valence-electron chi connectivity index (χ3n) is 1.90. The maximum absolute atomic E-state index is 11.1. The molecule has 1 unspecified atom stereocenters. The van der Waals surface area contributed by atoms with Gasteiger partial charge < -0.3 is 15.7 Å². The van der Waals surface area contributed by atoms with Crippen LogP contribution in [0, 0.1) is 0 Å². The van der Waals surface area contributed by atoms with Crippen LogP contribution in [0.1, 0.15) is 39.5 Å². The molecule has 0 fully saturated rings. The van der Waals surface area contributed by atoms with Crippen molar-refractivity contribution >= 4 is 6.03 Å². The molecule has 2 amide bonds. The fourth-order valence-electron chi connectivity index (χ4n) is 1.04. The van der Waals surface area contributed by atoms with Crippen molar-refractivity contribution in [3.63, 3.8) is 0 Å². The summed E-state index contributed by atoms with van der Waals surface area (Å²) in [5, 5.41) is 14.5. The summed E-state index contributed by atoms with van der Waals surface area (Å²) in [5.74, 6) is 0. The molecule has 14 heavy (non-hydrogen) atoms. The minimum Gasteiger partial charge on any atom is -0.393 e. The number of unbranched alkanes of at least 4 members (excludes halogenated alkanes) is 1. The number of hydrogen-bond donors (Lipinski definition) is 3. The molecule has 0 saturated heterocycles. The second kappa shape index (κ2) is 8.81. The van der Waals surface area contributed by atoms with E-state index >= 15 is 0 Å². The molecule has 0 rings (SSSR count). The molecule has 0 spiro atoms. The van der Waals surface area contributed by atoms with Gasteiger partial charge in [-0.05, 0) is 26.2 Å². The molecule has 1 atom stereocenters. The van der Waals surface area contributed by atoms with E-state index in [-0.39, 0.29) is 12.1 Å². The van der Waals surface area contributed by atoms with Crippen molar-refractivity contribution in [1.82, 2.24) is 10.6 Å². The van der Waals surface area contributed by atoms with Crippen LogP contribution in [0.15, 0.2) is 0 Å². The molecule has 3 N–H and O–H groups in total. The van der Waals surface area contributed by atoms with Crippen LogP contribution in [0.4, 0.5) is 4.79 Å². The predicted octanol–water partition coefficient (Wildman–Crippen LogP) is 1.25. The standard InChI is InChI=1S/C10H22N2O2/c1-3-4-7-11-10(14)12-8-5-6-9(2)13/h9,13H,3-8H2,1-2H3,(H2,11,12,14). The smallest absolute Gasteiger partial charge is 0.314 e. The maximum atomic E-state index is 11.1. The van der Waals surface area contributed by atoms with Gasteiger partial charge in [0.15, 0.2) is 0 Å². The molecule has 4 nitrogen and oxygen atoms in total. The Hall–Kier alpha value is -0.770. The summed E-state index contributed by atoms with van der Waals surface area (Å²) in [5.41, 5.74) is 0. The summed E-state index contributed by atoms with van der Waals surface area (Å²) in [7, 11) is 0. The number of carbonyl (C=O) groups excluding carboxylic acids is 1. The Labute approximate surface area is 86.1 Å². The van der Waals surface area contributed by atoms with Crippen molar-refractivity contribution in [2.24, 2.45) is 0 Å². The Bertz CT molecular complexity index is 149. The Balaban J connectivity index is 3.18. The third kappa shape index (κ3) is 9.32. The van der Waals surface area contributed by atoms with Gasteiger partial charge in [0, 0.05) is 13.1 Å². The summed E-state index contributed by atoms with van der Waals surface area (Å²) in [6.45, 7) is 5.20. The van der Waals surface area contributed by atoms with Crippen molar-refractivity contribution in [2.75, 3.05) is 13.1 Å². The minimum atomic E-state index is -0.278. The molecule has 0 bridgehead atoms. The van der Waals surface area contributed by atoms with E-state index in [1.165, 1.54) is 0 Å². The van der Waals surface area contributed by atoms with Crippen LogP contribution < -0.4 is 10.6 Å². The zero-order valence-corrected chi connectivity index (χ0v) is 9.18. The van der Waals surface area contributed by atoms with Gasteiger partial charge in [0.05, 0.1) is 6.10 Å². The van der Waals surface area contributed by atoms with Crippen LogP contribution in [0.3, 0.4) is 0 Å². The molecule has 0 radical (unpaired) electrons. The lowest BCUT2D eigenvalue weighted by atomic mass is 10.2. The van der Waals surface area contributed by atoms with E-state index in [1.807, 2.05) is 0 Å². The van der Waals surface area contributed by atoms with E-state index in [9.17, 15) is 4.79 Å². The lowest BCUT2D eigenvalue weighted by Gasteiger charge is -2.07. The maximum Gasteiger partial charge on any atom is 0.314 e. The SMILES string of the molecule is CCCCNC(=O)NCCCC(C)O. The molecule has 0 aromatic heterocycles. The second-order valence-corrected chi connectivity index (χ2v) is 3.53. The van der Waals surface area contributed by atoms with Crippen molar-refractivity contribution in [1.29, 1.82) is 0 Å². The van der Waals surface area contributed by atoms with Crippen molar-refractivity contribution in [3.05, 3.63) is 0 Å². The Morgan fingerprint density at radius 3 is 2.36 bits per heavy atom. The van der Waals surface area contributed by atoms with Gasteiger partial charge in [0.1, 0.15) is 0 Å². The van der Waals surface area contributed by atoms with Crippen LogP contribution in [0.2, 0.25) is 0 Å². The fourth-order valence-corrected chi connectivity index (χ4v) is 1.04. The summed E-state index contributed by atoms with van der Waals surface area (Å²) in [4.78, 5) is 11.1. The van der Waals surface area contributed by atoms with Crippen LogP contribution in [0.25, 0.3) is 0 Å². The number of carbonyl (C=O) groups is 1. The van der Waals surface area contributed by atoms with Gasteiger partial charge in [0.2, 0.25) is 0 Å². The predicted molar refractivity (Wildman–Crippen MR) is 57.2 cm³/mol. The van der Waals surface area contributed by atoms with Gasteiger partial charge >= 0.3 is 6.03 Å². The number of aliphatic hydroxyl groups is 1. The van der Waals surface area contributed by atoms with E-state index in [4.69, 9.17) is 5.11 Å². The molecule has 0 aliphatic rings. The Kier molecular flexibility index (Phi) is 8.33. The molecule has 0 aliphatic carbocycles. The highest BCUT2D eigenvalue weighted by Crippen LogP contribution is 1.93. The van der Waals surface area contributed by atoms with Crippen LogP contribution >= 0.6 is 0 Å². The van der Waals surface area contributed by atoms with Gasteiger partial charge in [-0.25, -0.2) is 4.79 Å². The number of hydrogen-bond acceptors (Lipinski definition) is 2. The van der Waals surface area contributed by atoms with Gasteiger partial charge in [-0.2, -0.15) is 0 Å². The van der Waals surface area contributed by atoms with E-state index in [2.05, 4.69) is 17.6 Å². The highest BCUT2D eigenvalue weighted by molar-refractivity contribution is 5.73. The quantitative estimate of drug-likeness (QED) is 0.544. The van der Waals surface area contributed by atoms with E-state index in [1.54, 1.807) is 6.92 Å². The van der Waals surface area contributed by atoms with Crippen molar-refractivity contribution in [2.45, 2.75) is 45.6 Å².